The van der Waals surface area contributed by atoms with E-state index in [1.165, 1.54) is 16.9 Å². The fraction of sp³-hybridized carbons (Fsp3) is 0.400. The summed E-state index contributed by atoms with van der Waals surface area (Å²) in [6.07, 6.45) is 3.43. The molecule has 1 aromatic heterocycles. The third-order valence-corrected chi connectivity index (χ3v) is 6.03. The molecule has 0 saturated carbocycles. The monoisotopic (exact) mass is 434 g/mol. The highest BCUT2D eigenvalue weighted by atomic mass is 79.9. The van der Waals surface area contributed by atoms with Crippen LogP contribution in [0, 0.1) is 0 Å². The van der Waals surface area contributed by atoms with Crippen LogP contribution in [-0.2, 0) is 11.2 Å². The molecule has 0 radical (unpaired) electrons. The summed E-state index contributed by atoms with van der Waals surface area (Å²) in [6.45, 7) is 2.66. The highest BCUT2D eigenvalue weighted by molar-refractivity contribution is 9.10. The van der Waals surface area contributed by atoms with Gasteiger partial charge in [-0.2, -0.15) is 0 Å². The third kappa shape index (κ3) is 4.74. The number of carbonyl (C=O) groups is 2. The van der Waals surface area contributed by atoms with Crippen LogP contribution in [0.2, 0.25) is 0 Å². The van der Waals surface area contributed by atoms with E-state index in [0.29, 0.717) is 11.4 Å². The smallest absolute Gasteiger partial charge is 0.264 e. The Balaban J connectivity index is 1.62. The van der Waals surface area contributed by atoms with E-state index in [1.54, 1.807) is 4.90 Å². The Bertz CT molecular complexity index is 746. The number of nitrogens with one attached hydrogen (secondary N) is 1. The van der Waals surface area contributed by atoms with Crippen molar-refractivity contribution in [1.82, 2.24) is 10.2 Å². The van der Waals surface area contributed by atoms with Gasteiger partial charge in [0, 0.05) is 17.1 Å². The predicted molar refractivity (Wildman–Crippen MR) is 108 cm³/mol. The van der Waals surface area contributed by atoms with Crippen LogP contribution in [0.15, 0.2) is 46.3 Å². The van der Waals surface area contributed by atoms with Gasteiger partial charge in [-0.05, 0) is 61.7 Å². The van der Waals surface area contributed by atoms with Gasteiger partial charge in [-0.25, -0.2) is 0 Å². The Morgan fingerprint density at radius 3 is 2.73 bits per heavy atom. The summed E-state index contributed by atoms with van der Waals surface area (Å²) in [6, 6.07) is 11.5. The van der Waals surface area contributed by atoms with Gasteiger partial charge in [-0.1, -0.05) is 34.1 Å². The van der Waals surface area contributed by atoms with Crippen molar-refractivity contribution in [2.24, 2.45) is 0 Å². The summed E-state index contributed by atoms with van der Waals surface area (Å²) >= 11 is 4.86. The first kappa shape index (κ1) is 19.1. The van der Waals surface area contributed by atoms with Gasteiger partial charge in [0.2, 0.25) is 5.91 Å². The first-order chi connectivity index (χ1) is 12.5. The minimum absolute atomic E-state index is 0.0179. The van der Waals surface area contributed by atoms with E-state index >= 15 is 0 Å². The summed E-state index contributed by atoms with van der Waals surface area (Å²) in [4.78, 5) is 28.0. The molecule has 1 N–H and O–H groups in total. The largest absolute Gasteiger partial charge is 0.352 e. The molecule has 0 bridgehead atoms. The van der Waals surface area contributed by atoms with Crippen molar-refractivity contribution in [3.63, 3.8) is 0 Å². The van der Waals surface area contributed by atoms with Crippen molar-refractivity contribution in [2.45, 2.75) is 44.7 Å². The lowest BCUT2D eigenvalue weighted by molar-refractivity contribution is -0.127. The quantitative estimate of drug-likeness (QED) is 0.764. The number of carbonyl (C=O) groups excluding carboxylic acids is 2. The lowest BCUT2D eigenvalue weighted by Crippen LogP contribution is -2.53. The van der Waals surface area contributed by atoms with Gasteiger partial charge in [0.05, 0.1) is 4.88 Å². The van der Waals surface area contributed by atoms with E-state index in [0.717, 1.165) is 30.2 Å². The normalized spacial score (nSPS) is 18.4. The molecule has 2 unspecified atom stereocenters. The molecule has 1 saturated heterocycles. The molecule has 1 aliphatic heterocycles. The van der Waals surface area contributed by atoms with Crippen LogP contribution in [0.4, 0.5) is 0 Å². The Morgan fingerprint density at radius 1 is 1.27 bits per heavy atom. The van der Waals surface area contributed by atoms with Gasteiger partial charge in [0.1, 0.15) is 6.04 Å². The van der Waals surface area contributed by atoms with E-state index in [9.17, 15) is 9.59 Å². The number of piperidine rings is 1. The Kier molecular flexibility index (Phi) is 6.48. The van der Waals surface area contributed by atoms with Gasteiger partial charge in [0.25, 0.3) is 5.91 Å². The van der Waals surface area contributed by atoms with Crippen LogP contribution >= 0.6 is 27.3 Å². The van der Waals surface area contributed by atoms with Crippen molar-refractivity contribution in [1.29, 1.82) is 0 Å². The molecule has 0 spiro atoms. The fourth-order valence-electron chi connectivity index (χ4n) is 3.35. The first-order valence-corrected chi connectivity index (χ1v) is 10.6. The molecular weight excluding hydrogens is 412 g/mol. The topological polar surface area (TPSA) is 49.4 Å². The number of benzene rings is 1. The number of hydrogen-bond donors (Lipinski definition) is 1. The summed E-state index contributed by atoms with van der Waals surface area (Å²) in [5.41, 5.74) is 1.18. The number of amides is 2. The Labute approximate surface area is 166 Å². The van der Waals surface area contributed by atoms with E-state index in [-0.39, 0.29) is 23.9 Å². The zero-order valence-corrected chi connectivity index (χ0v) is 17.2. The summed E-state index contributed by atoms with van der Waals surface area (Å²) < 4.78 is 1.04. The van der Waals surface area contributed by atoms with Crippen LogP contribution < -0.4 is 5.32 Å². The maximum absolute atomic E-state index is 12.8. The number of likely N-dealkylation sites (tertiary alicyclic amines) is 1. The fourth-order valence-corrected chi connectivity index (χ4v) is 4.30. The molecule has 1 fully saturated rings. The van der Waals surface area contributed by atoms with Crippen molar-refractivity contribution in [2.75, 3.05) is 6.54 Å². The van der Waals surface area contributed by atoms with E-state index in [4.69, 9.17) is 0 Å². The van der Waals surface area contributed by atoms with E-state index in [2.05, 4.69) is 33.4 Å². The molecule has 2 heterocycles. The molecular formula is C20H23BrN2O2S. The predicted octanol–water partition coefficient (Wildman–Crippen LogP) is 4.25. The van der Waals surface area contributed by atoms with Crippen LogP contribution in [0.25, 0.3) is 0 Å². The lowest BCUT2D eigenvalue weighted by atomic mass is 10.00. The van der Waals surface area contributed by atoms with Crippen LogP contribution in [0.5, 0.6) is 0 Å². The number of halogens is 1. The molecule has 0 aliphatic carbocycles. The van der Waals surface area contributed by atoms with Crippen molar-refractivity contribution in [3.8, 4) is 0 Å². The molecule has 2 atom stereocenters. The molecule has 3 rings (SSSR count). The second kappa shape index (κ2) is 8.82. The van der Waals surface area contributed by atoms with Crippen LogP contribution in [0.1, 0.15) is 41.4 Å². The highest BCUT2D eigenvalue weighted by Crippen LogP contribution is 2.22. The molecule has 6 heteroatoms. The number of hydrogen-bond acceptors (Lipinski definition) is 3. The average Bonchev–Trinajstić information content (AvgIpc) is 3.17. The lowest BCUT2D eigenvalue weighted by Gasteiger charge is -2.35. The maximum atomic E-state index is 12.8. The molecule has 2 amide bonds. The second-order valence-electron chi connectivity index (χ2n) is 6.73. The minimum atomic E-state index is -0.370. The van der Waals surface area contributed by atoms with E-state index < -0.39 is 0 Å². The van der Waals surface area contributed by atoms with Gasteiger partial charge in [-0.3, -0.25) is 9.59 Å². The van der Waals surface area contributed by atoms with Gasteiger partial charge in [-0.15, -0.1) is 11.3 Å². The van der Waals surface area contributed by atoms with Crippen molar-refractivity contribution < 1.29 is 9.59 Å². The molecule has 138 valence electrons. The number of rotatable bonds is 5. The number of thiophene rings is 1. The van der Waals surface area contributed by atoms with Crippen molar-refractivity contribution in [3.05, 3.63) is 56.7 Å². The first-order valence-electron chi connectivity index (χ1n) is 8.94. The third-order valence-electron chi connectivity index (χ3n) is 4.64. The molecule has 26 heavy (non-hydrogen) atoms. The minimum Gasteiger partial charge on any atom is -0.352 e. The van der Waals surface area contributed by atoms with Crippen LogP contribution in [-0.4, -0.2) is 35.3 Å². The zero-order chi connectivity index (χ0) is 18.5. The van der Waals surface area contributed by atoms with Crippen molar-refractivity contribution >= 4 is 39.1 Å². The molecule has 1 aromatic carbocycles. The number of nitrogens with zero attached hydrogens (tertiary/aromatic N) is 1. The summed E-state index contributed by atoms with van der Waals surface area (Å²) in [7, 11) is 0. The van der Waals surface area contributed by atoms with E-state index in [1.807, 2.05) is 36.6 Å². The Morgan fingerprint density at radius 2 is 2.04 bits per heavy atom. The highest BCUT2D eigenvalue weighted by Gasteiger charge is 2.33. The average molecular weight is 435 g/mol. The summed E-state index contributed by atoms with van der Waals surface area (Å²) in [5, 5.41) is 5.00. The van der Waals surface area contributed by atoms with Crippen LogP contribution in [0.3, 0.4) is 0 Å². The SMILES string of the molecule is CC(Cc1ccc(Br)cc1)NC(=O)C1CCCCN1C(=O)c1cccs1. The molecule has 2 aromatic rings. The van der Waals surface area contributed by atoms with Gasteiger partial charge < -0.3 is 10.2 Å². The van der Waals surface area contributed by atoms with Gasteiger partial charge in [0.15, 0.2) is 0 Å². The maximum Gasteiger partial charge on any atom is 0.264 e. The Hall–Kier alpha value is -1.66. The summed E-state index contributed by atoms with van der Waals surface area (Å²) in [5.74, 6) is -0.0698. The second-order valence-corrected chi connectivity index (χ2v) is 8.59. The molecule has 4 nitrogen and oxygen atoms in total. The van der Waals surface area contributed by atoms with Gasteiger partial charge >= 0.3 is 0 Å². The molecule has 1 aliphatic rings. The zero-order valence-electron chi connectivity index (χ0n) is 14.8. The standard InChI is InChI=1S/C20H23BrN2O2S/c1-14(13-15-7-9-16(21)10-8-15)22-19(24)17-5-2-3-11-23(17)20(25)18-6-4-12-26-18/h4,6-10,12,14,17H,2-3,5,11,13H2,1H3,(H,22,24).